The molecule has 0 atom stereocenters. The maximum Gasteiger partial charge on any atom is 0.0659 e. The molecule has 0 bridgehead atoms. The van der Waals surface area contributed by atoms with Crippen molar-refractivity contribution in [3.63, 3.8) is 0 Å². The van der Waals surface area contributed by atoms with Crippen molar-refractivity contribution < 1.29 is 2.74 Å². The Hall–Kier alpha value is -1.31. The zero-order chi connectivity index (χ0) is 9.47. The van der Waals surface area contributed by atoms with Crippen LogP contribution in [0.3, 0.4) is 0 Å². The highest BCUT2D eigenvalue weighted by Crippen LogP contribution is 2.25. The van der Waals surface area contributed by atoms with Crippen molar-refractivity contribution in [2.75, 3.05) is 5.73 Å². The van der Waals surface area contributed by atoms with E-state index in [9.17, 15) is 0 Å². The first-order chi connectivity index (χ1) is 6.09. The number of nitrogen functional groups attached to an aromatic ring is 1. The molecule has 0 fully saturated rings. The van der Waals surface area contributed by atoms with Gasteiger partial charge in [-0.05, 0) is 36.6 Å². The predicted molar refractivity (Wildman–Crippen MR) is 47.3 cm³/mol. The van der Waals surface area contributed by atoms with Gasteiger partial charge in [-0.3, -0.25) is 4.99 Å². The second-order valence-electron chi connectivity index (χ2n) is 2.47. The Kier molecular flexibility index (Phi) is 0.984. The van der Waals surface area contributed by atoms with Crippen LogP contribution in [0, 0.1) is 0 Å². The van der Waals surface area contributed by atoms with Crippen LogP contribution < -0.4 is 5.73 Å². The smallest absolute Gasteiger partial charge is 0.0659 e. The van der Waals surface area contributed by atoms with E-state index >= 15 is 0 Å². The number of rotatable bonds is 0. The molecule has 0 radical (unpaired) electrons. The van der Waals surface area contributed by atoms with Gasteiger partial charge in [0.2, 0.25) is 0 Å². The standard InChI is InChI=1S/C9H10N2/c10-8-3-4-9-7(6-8)2-1-5-11-9/h3-6H,1-2,10H2/i2D2. The fourth-order valence-corrected chi connectivity index (χ4v) is 1.11. The van der Waals surface area contributed by atoms with E-state index in [4.69, 9.17) is 8.48 Å². The fourth-order valence-electron chi connectivity index (χ4n) is 1.11. The normalized spacial score (nSPS) is 21.8. The topological polar surface area (TPSA) is 38.4 Å². The minimum atomic E-state index is -1.33. The fraction of sp³-hybridized carbons (Fsp3) is 0.222. The molecule has 0 aromatic heterocycles. The van der Waals surface area contributed by atoms with E-state index in [2.05, 4.69) is 4.99 Å². The van der Waals surface area contributed by atoms with Crippen molar-refractivity contribution in [1.29, 1.82) is 0 Å². The summed E-state index contributed by atoms with van der Waals surface area (Å²) in [5, 5.41) is 0. The van der Waals surface area contributed by atoms with Gasteiger partial charge in [-0.2, -0.15) is 0 Å². The van der Waals surface area contributed by atoms with Crippen LogP contribution >= 0.6 is 0 Å². The van der Waals surface area contributed by atoms with Crippen molar-refractivity contribution in [3.05, 3.63) is 23.8 Å². The van der Waals surface area contributed by atoms with Gasteiger partial charge < -0.3 is 5.73 Å². The third kappa shape index (κ3) is 1.11. The van der Waals surface area contributed by atoms with Crippen molar-refractivity contribution in [3.8, 4) is 0 Å². The van der Waals surface area contributed by atoms with Gasteiger partial charge in [0.25, 0.3) is 0 Å². The number of aliphatic imine (C=N–C) groups is 1. The lowest BCUT2D eigenvalue weighted by atomic mass is 10.1. The van der Waals surface area contributed by atoms with E-state index in [1.165, 1.54) is 0 Å². The monoisotopic (exact) mass is 148 g/mol. The second kappa shape index (κ2) is 2.38. The van der Waals surface area contributed by atoms with E-state index < -0.39 is 6.37 Å². The zero-order valence-corrected chi connectivity index (χ0v) is 6.04. The molecule has 56 valence electrons. The first-order valence-corrected chi connectivity index (χ1v) is 3.52. The minimum Gasteiger partial charge on any atom is -0.399 e. The SMILES string of the molecule is [2H]C1([2H])CC=Nc2ccc(N)cc21. The van der Waals surface area contributed by atoms with Crippen molar-refractivity contribution in [1.82, 2.24) is 0 Å². The molecule has 1 aromatic carbocycles. The van der Waals surface area contributed by atoms with E-state index in [0.717, 1.165) is 0 Å². The van der Waals surface area contributed by atoms with Crippen molar-refractivity contribution in [2.45, 2.75) is 12.8 Å². The molecule has 0 saturated carbocycles. The number of hydrogen-bond donors (Lipinski definition) is 1. The molecule has 2 heteroatoms. The van der Waals surface area contributed by atoms with Crippen LogP contribution in [-0.2, 0) is 6.37 Å². The highest BCUT2D eigenvalue weighted by Gasteiger charge is 2.04. The third-order valence-electron chi connectivity index (χ3n) is 1.63. The zero-order valence-electron chi connectivity index (χ0n) is 8.04. The largest absolute Gasteiger partial charge is 0.399 e. The van der Waals surface area contributed by atoms with E-state index in [1.54, 1.807) is 24.4 Å². The van der Waals surface area contributed by atoms with Crippen LogP contribution in [0.5, 0.6) is 0 Å². The van der Waals surface area contributed by atoms with Gasteiger partial charge >= 0.3 is 0 Å². The average molecular weight is 148 g/mol. The van der Waals surface area contributed by atoms with Crippen LogP contribution in [-0.4, -0.2) is 6.21 Å². The Morgan fingerprint density at radius 3 is 3.36 bits per heavy atom. The maximum absolute atomic E-state index is 7.72. The molecule has 2 nitrogen and oxygen atoms in total. The number of nitrogens with zero attached hydrogens (tertiary/aromatic N) is 1. The first kappa shape index (κ1) is 4.54. The molecule has 1 aliphatic rings. The molecule has 1 aliphatic heterocycles. The molecule has 2 rings (SSSR count). The molecular formula is C9H10N2. The van der Waals surface area contributed by atoms with Crippen molar-refractivity contribution in [2.24, 2.45) is 4.99 Å². The summed E-state index contributed by atoms with van der Waals surface area (Å²) in [5.74, 6) is 0. The Morgan fingerprint density at radius 1 is 1.55 bits per heavy atom. The molecule has 1 aromatic rings. The predicted octanol–water partition coefficient (Wildman–Crippen LogP) is 1.92. The molecule has 0 unspecified atom stereocenters. The van der Waals surface area contributed by atoms with Gasteiger partial charge in [-0.15, -0.1) is 0 Å². The number of hydrogen-bond acceptors (Lipinski definition) is 2. The summed E-state index contributed by atoms with van der Waals surface area (Å²) in [5.41, 5.74) is 7.45. The lowest BCUT2D eigenvalue weighted by Gasteiger charge is -2.08. The number of anilines is 1. The molecule has 11 heavy (non-hydrogen) atoms. The summed E-state index contributed by atoms with van der Waals surface area (Å²) < 4.78 is 15.4. The van der Waals surface area contributed by atoms with E-state index in [-0.39, 0.29) is 0 Å². The van der Waals surface area contributed by atoms with Crippen LogP contribution in [0.25, 0.3) is 0 Å². The highest BCUT2D eigenvalue weighted by atomic mass is 14.7. The van der Waals surface area contributed by atoms with Gasteiger partial charge in [0, 0.05) is 14.6 Å². The first-order valence-electron chi connectivity index (χ1n) is 4.52. The van der Waals surface area contributed by atoms with Gasteiger partial charge in [0.05, 0.1) is 5.69 Å². The molecule has 1 heterocycles. The van der Waals surface area contributed by atoms with Crippen LogP contribution in [0.15, 0.2) is 23.2 Å². The van der Waals surface area contributed by atoms with Gasteiger partial charge in [-0.1, -0.05) is 0 Å². The van der Waals surface area contributed by atoms with E-state index in [0.29, 0.717) is 23.4 Å². The molecule has 0 saturated heterocycles. The lowest BCUT2D eigenvalue weighted by molar-refractivity contribution is 1.03. The summed E-state index contributed by atoms with van der Waals surface area (Å²) in [6.07, 6.45) is 0.606. The number of nitrogens with two attached hydrogens (primary N) is 1. The Morgan fingerprint density at radius 2 is 2.45 bits per heavy atom. The Labute approximate surface area is 68.6 Å². The molecule has 2 N–H and O–H groups in total. The van der Waals surface area contributed by atoms with Crippen LogP contribution in [0.4, 0.5) is 11.4 Å². The maximum atomic E-state index is 7.72. The van der Waals surface area contributed by atoms with Crippen molar-refractivity contribution >= 4 is 17.6 Å². The molecule has 0 spiro atoms. The lowest BCUT2D eigenvalue weighted by Crippen LogP contribution is -1.95. The summed E-state index contributed by atoms with van der Waals surface area (Å²) in [6.45, 7) is 0. The average Bonchev–Trinajstić information content (AvgIpc) is 2.06. The van der Waals surface area contributed by atoms with E-state index in [1.807, 2.05) is 0 Å². The number of benzene rings is 1. The second-order valence-corrected chi connectivity index (χ2v) is 2.47. The summed E-state index contributed by atoms with van der Waals surface area (Å²) in [4.78, 5) is 4.11. The summed E-state index contributed by atoms with van der Waals surface area (Å²) >= 11 is 0. The number of fused-ring (bicyclic) bond motifs is 1. The summed E-state index contributed by atoms with van der Waals surface area (Å²) in [7, 11) is 0. The number of aryl methyl sites for hydroxylation is 1. The highest BCUT2D eigenvalue weighted by molar-refractivity contribution is 5.70. The third-order valence-corrected chi connectivity index (χ3v) is 1.63. The quantitative estimate of drug-likeness (QED) is 0.561. The van der Waals surface area contributed by atoms with Gasteiger partial charge in [0.1, 0.15) is 0 Å². The summed E-state index contributed by atoms with van der Waals surface area (Å²) in [6, 6.07) is 5.14. The Bertz CT molecular complexity index is 372. The van der Waals surface area contributed by atoms with Gasteiger partial charge in [0.15, 0.2) is 0 Å². The minimum absolute atomic E-state index is 0.323. The molecule has 0 amide bonds. The van der Waals surface area contributed by atoms with Crippen LogP contribution in [0.2, 0.25) is 0 Å². The molecule has 0 aliphatic carbocycles. The van der Waals surface area contributed by atoms with Gasteiger partial charge in [-0.25, -0.2) is 0 Å². The van der Waals surface area contributed by atoms with Crippen LogP contribution in [0.1, 0.15) is 14.7 Å². The Balaban J connectivity index is 2.62. The molecular weight excluding hydrogens is 136 g/mol.